The van der Waals surface area contributed by atoms with Gasteiger partial charge in [-0.1, -0.05) is 0 Å². The maximum atomic E-state index is 3.47. The fraction of sp³-hybridized carbons (Fsp3) is 1.00. The lowest BCUT2D eigenvalue weighted by molar-refractivity contribution is 0.289. The molecule has 0 aromatic rings. The van der Waals surface area contributed by atoms with Crippen LogP contribution in [0.4, 0.5) is 0 Å². The number of nitrogens with zero attached hydrogens (tertiary/aromatic N) is 1. The maximum Gasteiger partial charge on any atom is 0.0207 e. The van der Waals surface area contributed by atoms with Gasteiger partial charge in [0.2, 0.25) is 0 Å². The van der Waals surface area contributed by atoms with Gasteiger partial charge in [0, 0.05) is 25.7 Å². The molecule has 2 nitrogen and oxygen atoms in total. The van der Waals surface area contributed by atoms with Crippen molar-refractivity contribution in [1.82, 2.24) is 10.2 Å². The molecular weight excluding hydrogens is 100 g/mol. The minimum absolute atomic E-state index is 0.837. The summed E-state index contributed by atoms with van der Waals surface area (Å²) in [7, 11) is 0. The molecular formula is C6H12N2. The van der Waals surface area contributed by atoms with Crippen LogP contribution in [-0.2, 0) is 0 Å². The Hall–Kier alpha value is -0.0800. The second-order valence-corrected chi connectivity index (χ2v) is 2.74. The van der Waals surface area contributed by atoms with Crippen LogP contribution >= 0.6 is 0 Å². The highest BCUT2D eigenvalue weighted by atomic mass is 15.2. The largest absolute Gasteiger partial charge is 0.311 e. The maximum absolute atomic E-state index is 3.47. The van der Waals surface area contributed by atoms with Gasteiger partial charge in [-0.3, -0.25) is 0 Å². The first-order chi connectivity index (χ1) is 3.95. The molecule has 8 heavy (non-hydrogen) atoms. The Kier molecular flexibility index (Phi) is 1.02. The Balaban J connectivity index is 2.03. The Bertz CT molecular complexity index is 78.5. The lowest BCUT2D eigenvalue weighted by atomic mass is 10.2. The molecule has 2 rings (SSSR count). The summed E-state index contributed by atoms with van der Waals surface area (Å²) < 4.78 is 0. The van der Waals surface area contributed by atoms with Gasteiger partial charge in [0.05, 0.1) is 0 Å². The van der Waals surface area contributed by atoms with Crippen molar-refractivity contribution >= 4 is 0 Å². The zero-order valence-electron chi connectivity index (χ0n) is 5.06. The van der Waals surface area contributed by atoms with Crippen molar-refractivity contribution in [3.63, 3.8) is 0 Å². The lowest BCUT2D eigenvalue weighted by Gasteiger charge is -2.22. The van der Waals surface area contributed by atoms with E-state index in [9.17, 15) is 0 Å². The average molecular weight is 112 g/mol. The second-order valence-electron chi connectivity index (χ2n) is 2.74. The highest BCUT2D eigenvalue weighted by Gasteiger charge is 2.24. The summed E-state index contributed by atoms with van der Waals surface area (Å²) in [6.07, 6.45) is 1.38. The van der Waals surface area contributed by atoms with E-state index in [1.54, 1.807) is 0 Å². The molecule has 46 valence electrons. The van der Waals surface area contributed by atoms with Gasteiger partial charge in [0.25, 0.3) is 0 Å². The van der Waals surface area contributed by atoms with Crippen molar-refractivity contribution in [2.45, 2.75) is 12.5 Å². The molecule has 0 spiro atoms. The third kappa shape index (κ3) is 0.644. The summed E-state index contributed by atoms with van der Waals surface area (Å²) in [4.78, 5) is 2.53. The van der Waals surface area contributed by atoms with E-state index < -0.39 is 0 Å². The van der Waals surface area contributed by atoms with Gasteiger partial charge in [-0.2, -0.15) is 0 Å². The molecule has 0 radical (unpaired) electrons. The third-order valence-electron chi connectivity index (χ3n) is 2.13. The molecule has 0 aromatic heterocycles. The summed E-state index contributed by atoms with van der Waals surface area (Å²) in [5.74, 6) is 0. The molecule has 1 N–H and O–H groups in total. The normalized spacial score (nSPS) is 45.0. The third-order valence-corrected chi connectivity index (χ3v) is 2.13. The lowest BCUT2D eigenvalue weighted by Crippen LogP contribution is -2.42. The van der Waals surface area contributed by atoms with Crippen LogP contribution in [0, 0.1) is 0 Å². The molecule has 2 aliphatic heterocycles. The number of rotatable bonds is 0. The Labute approximate surface area is 49.9 Å². The smallest absolute Gasteiger partial charge is 0.0207 e. The molecule has 1 unspecified atom stereocenters. The highest BCUT2D eigenvalue weighted by Crippen LogP contribution is 2.10. The minimum Gasteiger partial charge on any atom is -0.311 e. The van der Waals surface area contributed by atoms with Crippen molar-refractivity contribution in [1.29, 1.82) is 0 Å². The zero-order valence-corrected chi connectivity index (χ0v) is 5.06. The van der Waals surface area contributed by atoms with E-state index in [1.807, 2.05) is 0 Å². The summed E-state index contributed by atoms with van der Waals surface area (Å²) >= 11 is 0. The Morgan fingerprint density at radius 3 is 3.12 bits per heavy atom. The number of piperazine rings is 1. The van der Waals surface area contributed by atoms with Crippen molar-refractivity contribution in [2.24, 2.45) is 0 Å². The number of hydrogen-bond acceptors (Lipinski definition) is 2. The number of nitrogens with one attached hydrogen (secondary N) is 1. The molecule has 0 amide bonds. The van der Waals surface area contributed by atoms with E-state index >= 15 is 0 Å². The van der Waals surface area contributed by atoms with Crippen molar-refractivity contribution in [2.75, 3.05) is 26.2 Å². The molecule has 2 bridgehead atoms. The summed E-state index contributed by atoms with van der Waals surface area (Å²) in [5, 5.41) is 3.47. The van der Waals surface area contributed by atoms with Gasteiger partial charge in [0.1, 0.15) is 0 Å². The van der Waals surface area contributed by atoms with Gasteiger partial charge < -0.3 is 10.2 Å². The summed E-state index contributed by atoms with van der Waals surface area (Å²) in [6, 6.07) is 0.837. The zero-order chi connectivity index (χ0) is 5.40. The quantitative estimate of drug-likeness (QED) is 0.461. The molecule has 0 aliphatic carbocycles. The predicted molar refractivity (Wildman–Crippen MR) is 32.8 cm³/mol. The van der Waals surface area contributed by atoms with Crippen LogP contribution in [0.5, 0.6) is 0 Å². The molecule has 2 saturated heterocycles. The first-order valence-corrected chi connectivity index (χ1v) is 3.41. The predicted octanol–water partition coefficient (Wildman–Crippen LogP) is -0.336. The van der Waals surface area contributed by atoms with E-state index in [2.05, 4.69) is 10.2 Å². The van der Waals surface area contributed by atoms with Crippen LogP contribution in [0.15, 0.2) is 0 Å². The Morgan fingerprint density at radius 2 is 2.38 bits per heavy atom. The Morgan fingerprint density at radius 1 is 1.38 bits per heavy atom. The van der Waals surface area contributed by atoms with Gasteiger partial charge in [-0.05, 0) is 13.0 Å². The van der Waals surface area contributed by atoms with Crippen molar-refractivity contribution in [3.8, 4) is 0 Å². The van der Waals surface area contributed by atoms with E-state index in [0.29, 0.717) is 0 Å². The fourth-order valence-electron chi connectivity index (χ4n) is 1.63. The van der Waals surface area contributed by atoms with Crippen molar-refractivity contribution < 1.29 is 0 Å². The van der Waals surface area contributed by atoms with E-state index in [0.717, 1.165) is 6.04 Å². The molecule has 2 heterocycles. The molecule has 2 fully saturated rings. The fourth-order valence-corrected chi connectivity index (χ4v) is 1.63. The van der Waals surface area contributed by atoms with Gasteiger partial charge in [-0.25, -0.2) is 0 Å². The average Bonchev–Trinajstić information content (AvgIpc) is 2.12. The molecule has 0 saturated carbocycles. The monoisotopic (exact) mass is 112 g/mol. The van der Waals surface area contributed by atoms with Gasteiger partial charge >= 0.3 is 0 Å². The topological polar surface area (TPSA) is 15.3 Å². The van der Waals surface area contributed by atoms with Gasteiger partial charge in [-0.15, -0.1) is 0 Å². The minimum atomic E-state index is 0.837. The van der Waals surface area contributed by atoms with E-state index in [4.69, 9.17) is 0 Å². The molecule has 2 atom stereocenters. The molecule has 2 aliphatic rings. The van der Waals surface area contributed by atoms with Crippen molar-refractivity contribution in [3.05, 3.63) is 0 Å². The standard InChI is InChI=1S/C6H12N2/c1-3-8-4-2-7-6(1)5-8/h6-7H,1-5H2/t6-/m1/s1. The SMILES string of the molecule is C1CN2CC[C@H](C2)N1. The second kappa shape index (κ2) is 1.71. The summed E-state index contributed by atoms with van der Waals surface area (Å²) in [5.41, 5.74) is 0. The van der Waals surface area contributed by atoms with E-state index in [-0.39, 0.29) is 0 Å². The van der Waals surface area contributed by atoms with Crippen LogP contribution in [0.25, 0.3) is 0 Å². The van der Waals surface area contributed by atoms with Crippen LogP contribution < -0.4 is 5.32 Å². The van der Waals surface area contributed by atoms with Crippen LogP contribution in [0.2, 0.25) is 0 Å². The number of hydrogen-bond donors (Lipinski definition) is 1. The summed E-state index contributed by atoms with van der Waals surface area (Å²) in [6.45, 7) is 5.12. The first kappa shape index (κ1) is 4.77. The first-order valence-electron chi connectivity index (χ1n) is 3.41. The number of fused-ring (bicyclic) bond motifs is 2. The highest BCUT2D eigenvalue weighted by molar-refractivity contribution is 4.85. The van der Waals surface area contributed by atoms with E-state index in [1.165, 1.54) is 32.6 Å². The van der Waals surface area contributed by atoms with Crippen LogP contribution in [0.3, 0.4) is 0 Å². The molecule has 0 aromatic carbocycles. The van der Waals surface area contributed by atoms with Crippen LogP contribution in [-0.4, -0.2) is 37.1 Å². The van der Waals surface area contributed by atoms with Crippen LogP contribution in [0.1, 0.15) is 6.42 Å². The van der Waals surface area contributed by atoms with Gasteiger partial charge in [0.15, 0.2) is 0 Å². The molecule has 2 heteroatoms.